The van der Waals surface area contributed by atoms with E-state index in [-0.39, 0.29) is 34.8 Å². The third kappa shape index (κ3) is 6.41. The largest absolute Gasteiger partial charge is 0.465 e. The van der Waals surface area contributed by atoms with Gasteiger partial charge in [0, 0.05) is 34.8 Å². The number of aromatic nitrogens is 2. The molecule has 0 saturated heterocycles. The summed E-state index contributed by atoms with van der Waals surface area (Å²) in [5, 5.41) is 10.2. The summed E-state index contributed by atoms with van der Waals surface area (Å²) in [6.45, 7) is 0.953. The lowest BCUT2D eigenvalue weighted by molar-refractivity contribution is -0.138. The van der Waals surface area contributed by atoms with Crippen molar-refractivity contribution < 1.29 is 27.5 Å². The van der Waals surface area contributed by atoms with Crippen molar-refractivity contribution in [1.82, 2.24) is 14.5 Å². The molecule has 4 rings (SSSR count). The molecule has 0 aliphatic carbocycles. The predicted octanol–water partition coefficient (Wildman–Crippen LogP) is 6.74. The maximum Gasteiger partial charge on any atom is 0.416 e. The molecule has 0 radical (unpaired) electrons. The van der Waals surface area contributed by atoms with E-state index in [2.05, 4.69) is 4.98 Å². The molecular weight excluding hydrogens is 578 g/mol. The van der Waals surface area contributed by atoms with E-state index >= 15 is 0 Å². The first kappa shape index (κ1) is 30.6. The lowest BCUT2D eigenvalue weighted by Gasteiger charge is -2.31. The molecule has 2 N–H and O–H groups in total. The smallest absolute Gasteiger partial charge is 0.416 e. The molecule has 0 fully saturated rings. The first-order chi connectivity index (χ1) is 19.9. The summed E-state index contributed by atoms with van der Waals surface area (Å²) in [6, 6.07) is 16.1. The van der Waals surface area contributed by atoms with E-state index in [9.17, 15) is 37.1 Å². The number of hydrogen-bond donors (Lipinski definition) is 2. The number of benzene rings is 3. The number of carbonyl (C=O) groups is 1. The van der Waals surface area contributed by atoms with Crippen LogP contribution in [0, 0.1) is 5.82 Å². The highest BCUT2D eigenvalue weighted by molar-refractivity contribution is 6.33. The number of nitrogens with one attached hydrogen (secondary N) is 1. The molecule has 0 saturated carbocycles. The summed E-state index contributed by atoms with van der Waals surface area (Å²) < 4.78 is 57.5. The Morgan fingerprint density at radius 3 is 2.31 bits per heavy atom. The average molecular weight is 604 g/mol. The van der Waals surface area contributed by atoms with Gasteiger partial charge in [-0.25, -0.2) is 14.0 Å². The fourth-order valence-electron chi connectivity index (χ4n) is 4.97. The van der Waals surface area contributed by atoms with E-state index < -0.39 is 53.0 Å². The molecule has 42 heavy (non-hydrogen) atoms. The normalized spacial score (nSPS) is 12.2. The van der Waals surface area contributed by atoms with Gasteiger partial charge in [0.15, 0.2) is 0 Å². The minimum Gasteiger partial charge on any atom is -0.465 e. The zero-order valence-corrected chi connectivity index (χ0v) is 23.0. The maximum absolute atomic E-state index is 15.0. The number of aromatic amines is 1. The average Bonchev–Trinajstić information content (AvgIpc) is 2.93. The second-order valence-corrected chi connectivity index (χ2v) is 9.92. The number of H-pyrrole nitrogens is 1. The van der Waals surface area contributed by atoms with Gasteiger partial charge in [-0.1, -0.05) is 73.1 Å². The highest BCUT2D eigenvalue weighted by Gasteiger charge is 2.35. The van der Waals surface area contributed by atoms with Gasteiger partial charge >= 0.3 is 18.0 Å². The molecule has 1 amide bonds. The predicted molar refractivity (Wildman–Crippen MR) is 150 cm³/mol. The first-order valence-corrected chi connectivity index (χ1v) is 13.3. The van der Waals surface area contributed by atoms with Crippen LogP contribution in [0.15, 0.2) is 82.4 Å². The second kappa shape index (κ2) is 12.6. The molecule has 4 aromatic rings. The van der Waals surface area contributed by atoms with Gasteiger partial charge in [-0.15, -0.1) is 0 Å². The number of carboxylic acid groups (broad SMARTS) is 1. The zero-order chi connectivity index (χ0) is 30.6. The van der Waals surface area contributed by atoms with Gasteiger partial charge in [-0.05, 0) is 30.2 Å². The van der Waals surface area contributed by atoms with Gasteiger partial charge in [0.25, 0.3) is 5.56 Å². The van der Waals surface area contributed by atoms with Gasteiger partial charge in [-0.3, -0.25) is 14.3 Å². The molecule has 12 heteroatoms. The van der Waals surface area contributed by atoms with E-state index in [4.69, 9.17) is 11.6 Å². The molecule has 0 spiro atoms. The zero-order valence-electron chi connectivity index (χ0n) is 22.3. The number of alkyl halides is 3. The van der Waals surface area contributed by atoms with Crippen LogP contribution in [0.3, 0.4) is 0 Å². The van der Waals surface area contributed by atoms with Crippen molar-refractivity contribution in [2.45, 2.75) is 38.5 Å². The van der Waals surface area contributed by atoms with E-state index in [0.717, 1.165) is 21.6 Å². The lowest BCUT2D eigenvalue weighted by Crippen LogP contribution is -2.39. The van der Waals surface area contributed by atoms with Crippen molar-refractivity contribution >= 4 is 17.7 Å². The molecule has 1 heterocycles. The first-order valence-electron chi connectivity index (χ1n) is 12.9. The number of halogens is 5. The SMILES string of the molecule is CCCN(C(=O)O)C(Cc1c(-c2ccccc2Cl)c(=O)[nH]c(=O)n1Cc1c(F)cccc1C(F)(F)F)c1ccccc1. The number of rotatable bonds is 9. The van der Waals surface area contributed by atoms with Crippen LogP contribution < -0.4 is 11.2 Å². The number of hydrogen-bond acceptors (Lipinski definition) is 3. The molecule has 0 aliphatic rings. The molecule has 0 bridgehead atoms. The third-order valence-electron chi connectivity index (χ3n) is 6.85. The van der Waals surface area contributed by atoms with E-state index in [1.807, 2.05) is 0 Å². The van der Waals surface area contributed by atoms with E-state index in [1.165, 1.54) is 12.1 Å². The Balaban J connectivity index is 2.05. The fourth-order valence-corrected chi connectivity index (χ4v) is 5.20. The molecular formula is C30H26ClF4N3O4. The van der Waals surface area contributed by atoms with Gasteiger partial charge in [0.1, 0.15) is 5.82 Å². The van der Waals surface area contributed by atoms with Crippen molar-refractivity contribution in [3.05, 3.63) is 127 Å². The monoisotopic (exact) mass is 603 g/mol. The minimum atomic E-state index is -4.94. The molecule has 0 aliphatic heterocycles. The van der Waals surface area contributed by atoms with Crippen molar-refractivity contribution in [3.8, 4) is 11.1 Å². The van der Waals surface area contributed by atoms with Crippen LogP contribution in [0.25, 0.3) is 11.1 Å². The summed E-state index contributed by atoms with van der Waals surface area (Å²) in [4.78, 5) is 42.3. The summed E-state index contributed by atoms with van der Waals surface area (Å²) in [7, 11) is 0. The van der Waals surface area contributed by atoms with Crippen molar-refractivity contribution in [1.29, 1.82) is 0 Å². The summed E-state index contributed by atoms with van der Waals surface area (Å²) in [5.41, 5.74) is -3.65. The maximum atomic E-state index is 15.0. The van der Waals surface area contributed by atoms with Gasteiger partial charge < -0.3 is 10.0 Å². The van der Waals surface area contributed by atoms with Crippen LogP contribution in [-0.2, 0) is 19.1 Å². The summed E-state index contributed by atoms with van der Waals surface area (Å²) >= 11 is 6.43. The Morgan fingerprint density at radius 2 is 1.69 bits per heavy atom. The standard InChI is InChI=1S/C30H26ClF4N3O4/c1-2-15-37(29(41)42)24(18-9-4-3-5-10-18)16-25-26(19-11-6-7-13-22(19)31)27(39)36-28(40)38(25)17-20-21(30(33,34)35)12-8-14-23(20)32/h3-14,24H,2,15-17H2,1H3,(H,41,42)(H,36,39,40). The van der Waals surface area contributed by atoms with Crippen LogP contribution in [0.2, 0.25) is 5.02 Å². The van der Waals surface area contributed by atoms with Gasteiger partial charge in [-0.2, -0.15) is 13.2 Å². The number of amides is 1. The quantitative estimate of drug-likeness (QED) is 0.207. The Kier molecular flexibility index (Phi) is 9.20. The third-order valence-corrected chi connectivity index (χ3v) is 7.18. The Bertz CT molecular complexity index is 1700. The highest BCUT2D eigenvalue weighted by atomic mass is 35.5. The van der Waals surface area contributed by atoms with E-state index in [0.29, 0.717) is 18.1 Å². The van der Waals surface area contributed by atoms with Crippen molar-refractivity contribution in [2.24, 2.45) is 0 Å². The summed E-state index contributed by atoms with van der Waals surface area (Å²) in [6.07, 6.45) is -6.11. The Morgan fingerprint density at radius 1 is 1.02 bits per heavy atom. The Labute approximate surface area is 242 Å². The molecule has 1 unspecified atom stereocenters. The van der Waals surface area contributed by atoms with Gasteiger partial charge in [0.2, 0.25) is 0 Å². The molecule has 7 nitrogen and oxygen atoms in total. The van der Waals surface area contributed by atoms with Gasteiger partial charge in [0.05, 0.1) is 23.7 Å². The van der Waals surface area contributed by atoms with Crippen LogP contribution in [0.5, 0.6) is 0 Å². The Hall–Kier alpha value is -4.38. The molecule has 1 aromatic heterocycles. The van der Waals surface area contributed by atoms with E-state index in [1.54, 1.807) is 49.4 Å². The topological polar surface area (TPSA) is 95.4 Å². The van der Waals surface area contributed by atoms with Crippen LogP contribution in [0.1, 0.15) is 41.8 Å². The minimum absolute atomic E-state index is 0.0786. The van der Waals surface area contributed by atoms with Crippen LogP contribution in [0.4, 0.5) is 22.4 Å². The second-order valence-electron chi connectivity index (χ2n) is 9.52. The van der Waals surface area contributed by atoms with Crippen LogP contribution in [-0.4, -0.2) is 32.2 Å². The molecule has 3 aromatic carbocycles. The summed E-state index contributed by atoms with van der Waals surface area (Å²) in [5.74, 6) is -1.20. The highest BCUT2D eigenvalue weighted by Crippen LogP contribution is 2.35. The fraction of sp³-hybridized carbons (Fsp3) is 0.233. The molecule has 220 valence electrons. The van der Waals surface area contributed by atoms with Crippen molar-refractivity contribution in [3.63, 3.8) is 0 Å². The lowest BCUT2D eigenvalue weighted by atomic mass is 9.95. The number of nitrogens with zero attached hydrogens (tertiary/aromatic N) is 2. The van der Waals surface area contributed by atoms with Crippen LogP contribution >= 0.6 is 11.6 Å². The molecule has 1 atom stereocenters. The van der Waals surface area contributed by atoms with Crippen molar-refractivity contribution in [2.75, 3.05) is 6.54 Å².